The summed E-state index contributed by atoms with van der Waals surface area (Å²) in [5.74, 6) is 0.239. The van der Waals surface area contributed by atoms with Crippen molar-refractivity contribution in [1.29, 1.82) is 0 Å². The molecule has 0 saturated heterocycles. The molecule has 0 saturated carbocycles. The number of ether oxygens (including phenoxy) is 1. The molecule has 0 aromatic heterocycles. The maximum absolute atomic E-state index is 11.4. The third-order valence-corrected chi connectivity index (χ3v) is 4.69. The lowest BCUT2D eigenvalue weighted by atomic mass is 10.2. The molecule has 0 aromatic rings. The Labute approximate surface area is 99.7 Å². The number of hydrogen-bond acceptors (Lipinski definition) is 4. The fourth-order valence-corrected chi connectivity index (χ4v) is 2.15. The van der Waals surface area contributed by atoms with Gasteiger partial charge in [0.05, 0.1) is 11.0 Å². The molecule has 0 amide bonds. The van der Waals surface area contributed by atoms with E-state index in [1.807, 2.05) is 0 Å². The second kappa shape index (κ2) is 8.96. The van der Waals surface area contributed by atoms with Crippen molar-refractivity contribution in [2.24, 2.45) is 0 Å². The van der Waals surface area contributed by atoms with E-state index in [1.54, 1.807) is 21.0 Å². The molecule has 5 heteroatoms. The third-order valence-electron chi connectivity index (χ3n) is 2.48. The Balaban J connectivity index is 3.34. The maximum atomic E-state index is 11.4. The zero-order chi connectivity index (χ0) is 12.4. The van der Waals surface area contributed by atoms with E-state index in [1.165, 1.54) is 0 Å². The van der Waals surface area contributed by atoms with Gasteiger partial charge < -0.3 is 10.1 Å². The first-order valence-corrected chi connectivity index (χ1v) is 7.63. The van der Waals surface area contributed by atoms with Gasteiger partial charge in [-0.3, -0.25) is 0 Å². The SMILES string of the molecule is COCCCCCNCCS(=O)(=O)C(C)C. The summed E-state index contributed by atoms with van der Waals surface area (Å²) >= 11 is 0. The van der Waals surface area contributed by atoms with Gasteiger partial charge in [-0.1, -0.05) is 0 Å². The molecule has 0 unspecified atom stereocenters. The van der Waals surface area contributed by atoms with Gasteiger partial charge >= 0.3 is 0 Å². The van der Waals surface area contributed by atoms with Crippen molar-refractivity contribution in [2.45, 2.75) is 38.4 Å². The van der Waals surface area contributed by atoms with Crippen LogP contribution in [0.15, 0.2) is 0 Å². The van der Waals surface area contributed by atoms with Crippen LogP contribution in [0.1, 0.15) is 33.1 Å². The Bertz CT molecular complexity index is 250. The van der Waals surface area contributed by atoms with E-state index in [0.29, 0.717) is 6.54 Å². The molecule has 0 aromatic carbocycles. The average molecular weight is 251 g/mol. The van der Waals surface area contributed by atoms with Crippen molar-refractivity contribution in [3.05, 3.63) is 0 Å². The topological polar surface area (TPSA) is 55.4 Å². The lowest BCUT2D eigenvalue weighted by molar-refractivity contribution is 0.192. The number of unbranched alkanes of at least 4 members (excludes halogenated alkanes) is 2. The molecule has 1 N–H and O–H groups in total. The summed E-state index contributed by atoms with van der Waals surface area (Å²) < 4.78 is 27.8. The predicted molar refractivity (Wildman–Crippen MR) is 67.5 cm³/mol. The Morgan fingerprint density at radius 2 is 1.81 bits per heavy atom. The van der Waals surface area contributed by atoms with Gasteiger partial charge in [-0.05, 0) is 39.7 Å². The molecule has 0 radical (unpaired) electrons. The number of nitrogens with one attached hydrogen (secondary N) is 1. The summed E-state index contributed by atoms with van der Waals surface area (Å²) in [6.45, 7) is 5.70. The van der Waals surface area contributed by atoms with Gasteiger partial charge in [-0.15, -0.1) is 0 Å². The van der Waals surface area contributed by atoms with Crippen LogP contribution in [0.25, 0.3) is 0 Å². The Hall–Kier alpha value is -0.130. The monoisotopic (exact) mass is 251 g/mol. The summed E-state index contributed by atoms with van der Waals surface area (Å²) in [5.41, 5.74) is 0. The van der Waals surface area contributed by atoms with Crippen molar-refractivity contribution in [1.82, 2.24) is 5.32 Å². The lowest BCUT2D eigenvalue weighted by Gasteiger charge is -2.08. The Morgan fingerprint density at radius 1 is 1.12 bits per heavy atom. The summed E-state index contributed by atoms with van der Waals surface area (Å²) in [7, 11) is -1.18. The molecule has 0 fully saturated rings. The highest BCUT2D eigenvalue weighted by molar-refractivity contribution is 7.92. The molecule has 0 heterocycles. The van der Waals surface area contributed by atoms with Crippen molar-refractivity contribution in [3.63, 3.8) is 0 Å². The normalized spacial score (nSPS) is 12.2. The van der Waals surface area contributed by atoms with E-state index in [0.717, 1.165) is 32.4 Å². The van der Waals surface area contributed by atoms with Gasteiger partial charge in [0.2, 0.25) is 0 Å². The Morgan fingerprint density at radius 3 is 2.38 bits per heavy atom. The first-order valence-electron chi connectivity index (χ1n) is 5.92. The summed E-state index contributed by atoms with van der Waals surface area (Å²) in [6, 6.07) is 0. The highest BCUT2D eigenvalue weighted by Crippen LogP contribution is 1.99. The van der Waals surface area contributed by atoms with Crippen molar-refractivity contribution < 1.29 is 13.2 Å². The zero-order valence-electron chi connectivity index (χ0n) is 10.7. The molecule has 0 rings (SSSR count). The highest BCUT2D eigenvalue weighted by atomic mass is 32.2. The number of sulfone groups is 1. The number of rotatable bonds is 10. The largest absolute Gasteiger partial charge is 0.385 e. The fourth-order valence-electron chi connectivity index (χ4n) is 1.25. The van der Waals surface area contributed by atoms with E-state index in [4.69, 9.17) is 4.74 Å². The fraction of sp³-hybridized carbons (Fsp3) is 1.00. The Kier molecular flexibility index (Phi) is 8.89. The van der Waals surface area contributed by atoms with Gasteiger partial charge in [0.25, 0.3) is 0 Å². The summed E-state index contributed by atoms with van der Waals surface area (Å²) in [5, 5.41) is 2.89. The second-order valence-corrected chi connectivity index (χ2v) is 6.90. The summed E-state index contributed by atoms with van der Waals surface area (Å²) in [6.07, 6.45) is 3.27. The van der Waals surface area contributed by atoms with Crippen LogP contribution in [0.4, 0.5) is 0 Å². The first kappa shape index (κ1) is 15.9. The maximum Gasteiger partial charge on any atom is 0.153 e. The highest BCUT2D eigenvalue weighted by Gasteiger charge is 2.14. The molecule has 0 spiro atoms. The molecular formula is C11H25NO3S. The first-order chi connectivity index (χ1) is 7.50. The van der Waals surface area contributed by atoms with E-state index in [2.05, 4.69) is 5.32 Å². The van der Waals surface area contributed by atoms with Crippen molar-refractivity contribution in [3.8, 4) is 0 Å². The third kappa shape index (κ3) is 8.07. The molecule has 0 atom stereocenters. The molecule has 16 heavy (non-hydrogen) atoms. The van der Waals surface area contributed by atoms with Crippen LogP contribution in [0.3, 0.4) is 0 Å². The molecule has 0 aliphatic rings. The second-order valence-electron chi connectivity index (χ2n) is 4.22. The molecule has 0 bridgehead atoms. The molecule has 98 valence electrons. The summed E-state index contributed by atoms with van der Waals surface area (Å²) in [4.78, 5) is 0. The van der Waals surface area contributed by atoms with Crippen LogP contribution in [0, 0.1) is 0 Å². The van der Waals surface area contributed by atoms with Crippen LogP contribution in [-0.2, 0) is 14.6 Å². The van der Waals surface area contributed by atoms with E-state index < -0.39 is 9.84 Å². The average Bonchev–Trinajstić information content (AvgIpc) is 2.21. The molecule has 0 aliphatic heterocycles. The molecular weight excluding hydrogens is 226 g/mol. The smallest absolute Gasteiger partial charge is 0.153 e. The predicted octanol–water partition coefficient (Wildman–Crippen LogP) is 1.22. The van der Waals surface area contributed by atoms with Gasteiger partial charge in [0.1, 0.15) is 0 Å². The van der Waals surface area contributed by atoms with Gasteiger partial charge in [-0.25, -0.2) is 8.42 Å². The van der Waals surface area contributed by atoms with Crippen LogP contribution < -0.4 is 5.32 Å². The van der Waals surface area contributed by atoms with Crippen LogP contribution in [0.2, 0.25) is 0 Å². The minimum absolute atomic E-state index is 0.239. The zero-order valence-corrected chi connectivity index (χ0v) is 11.5. The van der Waals surface area contributed by atoms with E-state index in [-0.39, 0.29) is 11.0 Å². The lowest BCUT2D eigenvalue weighted by Crippen LogP contribution is -2.27. The van der Waals surface area contributed by atoms with Gasteiger partial charge in [-0.2, -0.15) is 0 Å². The molecule has 0 aliphatic carbocycles. The standard InChI is InChI=1S/C11H25NO3S/c1-11(2)16(13,14)10-8-12-7-5-4-6-9-15-3/h11-12H,4-10H2,1-3H3. The quantitative estimate of drug-likeness (QED) is 0.593. The van der Waals surface area contributed by atoms with E-state index in [9.17, 15) is 8.42 Å². The minimum Gasteiger partial charge on any atom is -0.385 e. The number of hydrogen-bond donors (Lipinski definition) is 1. The van der Waals surface area contributed by atoms with Crippen LogP contribution >= 0.6 is 0 Å². The number of methoxy groups -OCH3 is 1. The minimum atomic E-state index is -2.88. The van der Waals surface area contributed by atoms with Crippen molar-refractivity contribution >= 4 is 9.84 Å². The van der Waals surface area contributed by atoms with Crippen LogP contribution in [0.5, 0.6) is 0 Å². The van der Waals surface area contributed by atoms with Crippen molar-refractivity contribution in [2.75, 3.05) is 32.6 Å². The van der Waals surface area contributed by atoms with E-state index >= 15 is 0 Å². The van der Waals surface area contributed by atoms with Gasteiger partial charge in [0.15, 0.2) is 9.84 Å². The van der Waals surface area contributed by atoms with Gasteiger partial charge in [0, 0.05) is 20.3 Å². The molecule has 4 nitrogen and oxygen atoms in total. The van der Waals surface area contributed by atoms with Crippen LogP contribution in [-0.4, -0.2) is 46.2 Å².